The Hall–Kier alpha value is -1.27. The van der Waals surface area contributed by atoms with E-state index in [0.717, 1.165) is 29.4 Å². The van der Waals surface area contributed by atoms with Gasteiger partial charge in [-0.2, -0.15) is 11.8 Å². The standard InChI is InChI=1S/C17H28FN3OS/c1-6-19-16(21-12-17(2,3)22-4)20-10-13-7-8-15(18)9-14(13)11-23-5/h7-9H,6,10-12H2,1-5H3,(H2,19,20,21). The molecule has 4 nitrogen and oxygen atoms in total. The molecule has 0 radical (unpaired) electrons. The molecule has 0 heterocycles. The maximum absolute atomic E-state index is 13.4. The zero-order valence-corrected chi connectivity index (χ0v) is 15.5. The van der Waals surface area contributed by atoms with Crippen molar-refractivity contribution < 1.29 is 9.13 Å². The molecule has 0 saturated heterocycles. The minimum atomic E-state index is -0.268. The van der Waals surface area contributed by atoms with Crippen molar-refractivity contribution in [1.29, 1.82) is 0 Å². The topological polar surface area (TPSA) is 45.7 Å². The third-order valence-corrected chi connectivity index (χ3v) is 4.05. The van der Waals surface area contributed by atoms with Crippen molar-refractivity contribution in [3.05, 3.63) is 35.1 Å². The number of hydrogen-bond acceptors (Lipinski definition) is 3. The summed E-state index contributed by atoms with van der Waals surface area (Å²) in [4.78, 5) is 4.60. The lowest BCUT2D eigenvalue weighted by Gasteiger charge is -2.24. The number of aliphatic imine (C=N–C) groups is 1. The summed E-state index contributed by atoms with van der Waals surface area (Å²) in [5.74, 6) is 1.31. The Labute approximate surface area is 143 Å². The van der Waals surface area contributed by atoms with Gasteiger partial charge in [0.1, 0.15) is 5.82 Å². The maximum atomic E-state index is 13.4. The van der Waals surface area contributed by atoms with E-state index in [-0.39, 0.29) is 11.4 Å². The smallest absolute Gasteiger partial charge is 0.191 e. The van der Waals surface area contributed by atoms with Gasteiger partial charge in [0.15, 0.2) is 5.96 Å². The molecule has 23 heavy (non-hydrogen) atoms. The fourth-order valence-corrected chi connectivity index (χ4v) is 2.49. The van der Waals surface area contributed by atoms with Gasteiger partial charge in [0, 0.05) is 26.0 Å². The average Bonchev–Trinajstić information content (AvgIpc) is 2.52. The molecule has 0 spiro atoms. The Morgan fingerprint density at radius 1 is 1.30 bits per heavy atom. The van der Waals surface area contributed by atoms with Crippen LogP contribution in [0, 0.1) is 5.82 Å². The molecule has 0 aromatic heterocycles. The van der Waals surface area contributed by atoms with Crippen LogP contribution in [0.1, 0.15) is 31.9 Å². The van der Waals surface area contributed by atoms with Crippen LogP contribution < -0.4 is 10.6 Å². The first-order valence-corrected chi connectivity index (χ1v) is 9.14. The number of hydrogen-bond donors (Lipinski definition) is 2. The number of nitrogens with zero attached hydrogens (tertiary/aromatic N) is 1. The summed E-state index contributed by atoms with van der Waals surface area (Å²) in [6.07, 6.45) is 2.01. The summed E-state index contributed by atoms with van der Waals surface area (Å²) < 4.78 is 18.8. The largest absolute Gasteiger partial charge is 0.377 e. The van der Waals surface area contributed by atoms with Gasteiger partial charge in [0.2, 0.25) is 0 Å². The number of nitrogens with one attached hydrogen (secondary N) is 2. The number of guanidine groups is 1. The molecular formula is C17H28FN3OS. The van der Waals surface area contributed by atoms with Gasteiger partial charge < -0.3 is 15.4 Å². The SMILES string of the molecule is CCNC(=NCc1ccc(F)cc1CSC)NCC(C)(C)OC. The molecule has 0 aliphatic heterocycles. The zero-order valence-electron chi connectivity index (χ0n) is 14.7. The van der Waals surface area contributed by atoms with E-state index in [1.807, 2.05) is 33.1 Å². The summed E-state index contributed by atoms with van der Waals surface area (Å²) in [5, 5.41) is 6.50. The molecule has 0 atom stereocenters. The average molecular weight is 341 g/mol. The number of methoxy groups -OCH3 is 1. The van der Waals surface area contributed by atoms with E-state index in [9.17, 15) is 4.39 Å². The second-order valence-electron chi connectivity index (χ2n) is 5.86. The molecule has 6 heteroatoms. The van der Waals surface area contributed by atoms with Crippen molar-refractivity contribution in [2.24, 2.45) is 4.99 Å². The van der Waals surface area contributed by atoms with Gasteiger partial charge in [-0.25, -0.2) is 9.38 Å². The number of ether oxygens (including phenoxy) is 1. The Morgan fingerprint density at radius 3 is 2.65 bits per heavy atom. The van der Waals surface area contributed by atoms with Crippen LogP contribution >= 0.6 is 11.8 Å². The van der Waals surface area contributed by atoms with Crippen LogP contribution in [0.15, 0.2) is 23.2 Å². The monoisotopic (exact) mass is 341 g/mol. The van der Waals surface area contributed by atoms with E-state index in [2.05, 4.69) is 15.6 Å². The zero-order chi connectivity index (χ0) is 17.3. The van der Waals surface area contributed by atoms with E-state index < -0.39 is 0 Å². The fourth-order valence-electron chi connectivity index (χ4n) is 1.91. The van der Waals surface area contributed by atoms with Crippen LogP contribution in [-0.2, 0) is 17.0 Å². The van der Waals surface area contributed by atoms with E-state index in [0.29, 0.717) is 13.1 Å². The molecule has 1 rings (SSSR count). The van der Waals surface area contributed by atoms with Crippen molar-refractivity contribution >= 4 is 17.7 Å². The Morgan fingerprint density at radius 2 is 2.04 bits per heavy atom. The molecule has 0 fully saturated rings. The van der Waals surface area contributed by atoms with E-state index in [1.165, 1.54) is 6.07 Å². The summed E-state index contributed by atoms with van der Waals surface area (Å²) >= 11 is 1.68. The normalized spacial score (nSPS) is 12.3. The van der Waals surface area contributed by atoms with Crippen molar-refractivity contribution in [1.82, 2.24) is 10.6 Å². The van der Waals surface area contributed by atoms with E-state index in [4.69, 9.17) is 4.74 Å². The third kappa shape index (κ3) is 7.22. The predicted molar refractivity (Wildman–Crippen MR) is 97.5 cm³/mol. The van der Waals surface area contributed by atoms with Crippen molar-refractivity contribution in [3.8, 4) is 0 Å². The lowest BCUT2D eigenvalue weighted by Crippen LogP contribution is -2.45. The van der Waals surface area contributed by atoms with Gasteiger partial charge in [-0.3, -0.25) is 0 Å². The summed E-state index contributed by atoms with van der Waals surface area (Å²) in [6, 6.07) is 4.89. The second-order valence-corrected chi connectivity index (χ2v) is 6.72. The van der Waals surface area contributed by atoms with Gasteiger partial charge in [0.25, 0.3) is 0 Å². The maximum Gasteiger partial charge on any atom is 0.191 e. The van der Waals surface area contributed by atoms with Crippen molar-refractivity contribution in [2.45, 2.75) is 38.7 Å². The highest BCUT2D eigenvalue weighted by Crippen LogP contribution is 2.17. The highest BCUT2D eigenvalue weighted by molar-refractivity contribution is 7.97. The highest BCUT2D eigenvalue weighted by atomic mass is 32.2. The third-order valence-electron chi connectivity index (χ3n) is 3.45. The van der Waals surface area contributed by atoms with Crippen LogP contribution in [0.5, 0.6) is 0 Å². The Balaban J connectivity index is 2.80. The molecule has 130 valence electrons. The van der Waals surface area contributed by atoms with E-state index >= 15 is 0 Å². The molecule has 0 aliphatic carbocycles. The molecule has 0 amide bonds. The number of rotatable bonds is 8. The minimum absolute atomic E-state index is 0.200. The van der Waals surface area contributed by atoms with E-state index in [1.54, 1.807) is 24.9 Å². The summed E-state index contributed by atoms with van der Waals surface area (Å²) in [7, 11) is 1.69. The molecule has 1 aromatic carbocycles. The molecule has 0 aliphatic rings. The minimum Gasteiger partial charge on any atom is -0.377 e. The lowest BCUT2D eigenvalue weighted by molar-refractivity contribution is 0.0268. The first-order valence-electron chi connectivity index (χ1n) is 7.75. The number of halogens is 1. The first-order chi connectivity index (χ1) is 10.9. The summed E-state index contributed by atoms with van der Waals surface area (Å²) in [6.45, 7) is 7.99. The number of benzene rings is 1. The van der Waals surface area contributed by atoms with Crippen LogP contribution in [0.2, 0.25) is 0 Å². The van der Waals surface area contributed by atoms with Crippen LogP contribution in [0.4, 0.5) is 4.39 Å². The fraction of sp³-hybridized carbons (Fsp3) is 0.588. The van der Waals surface area contributed by atoms with Gasteiger partial charge in [0.05, 0.1) is 12.1 Å². The molecule has 0 bridgehead atoms. The first kappa shape index (κ1) is 19.8. The van der Waals surface area contributed by atoms with Crippen molar-refractivity contribution in [2.75, 3.05) is 26.5 Å². The van der Waals surface area contributed by atoms with Gasteiger partial charge >= 0.3 is 0 Å². The van der Waals surface area contributed by atoms with Crippen molar-refractivity contribution in [3.63, 3.8) is 0 Å². The van der Waals surface area contributed by atoms with Crippen LogP contribution in [0.3, 0.4) is 0 Å². The number of thioether (sulfide) groups is 1. The van der Waals surface area contributed by atoms with Gasteiger partial charge in [-0.15, -0.1) is 0 Å². The highest BCUT2D eigenvalue weighted by Gasteiger charge is 2.16. The van der Waals surface area contributed by atoms with Gasteiger partial charge in [-0.1, -0.05) is 6.07 Å². The Kier molecular flexibility index (Phi) is 8.41. The molecule has 0 unspecified atom stereocenters. The van der Waals surface area contributed by atoms with Crippen LogP contribution in [0.25, 0.3) is 0 Å². The molecular weight excluding hydrogens is 313 g/mol. The summed E-state index contributed by atoms with van der Waals surface area (Å²) in [5.41, 5.74) is 1.77. The molecule has 2 N–H and O–H groups in total. The Bertz CT molecular complexity index is 521. The molecule has 0 saturated carbocycles. The predicted octanol–water partition coefficient (Wildman–Crippen LogP) is 3.17. The second kappa shape index (κ2) is 9.78. The molecule has 1 aromatic rings. The van der Waals surface area contributed by atoms with Gasteiger partial charge in [-0.05, 0) is 50.3 Å². The lowest BCUT2D eigenvalue weighted by atomic mass is 10.1. The van der Waals surface area contributed by atoms with Crippen LogP contribution in [-0.4, -0.2) is 38.0 Å². The quantitative estimate of drug-likeness (QED) is 0.563.